The fourth-order valence-electron chi connectivity index (χ4n) is 1.93. The topological polar surface area (TPSA) is 29.1 Å². The molecular formula is C12H12F3NOS. The zero-order valence-corrected chi connectivity index (χ0v) is 10.2. The van der Waals surface area contributed by atoms with Crippen LogP contribution in [0.25, 0.3) is 0 Å². The zero-order valence-electron chi connectivity index (χ0n) is 9.41. The van der Waals surface area contributed by atoms with E-state index in [1.165, 1.54) is 11.8 Å². The van der Waals surface area contributed by atoms with Gasteiger partial charge in [-0.1, -0.05) is 18.2 Å². The highest BCUT2D eigenvalue weighted by atomic mass is 32.2. The maximum atomic E-state index is 12.4. The van der Waals surface area contributed by atoms with Gasteiger partial charge in [0.2, 0.25) is 5.91 Å². The second kappa shape index (κ2) is 5.22. The molecule has 0 saturated carbocycles. The molecule has 1 aromatic carbocycles. The Labute approximate surface area is 107 Å². The van der Waals surface area contributed by atoms with Gasteiger partial charge in [0.05, 0.1) is 5.25 Å². The van der Waals surface area contributed by atoms with Gasteiger partial charge in [0.15, 0.2) is 0 Å². The Morgan fingerprint density at radius 1 is 1.28 bits per heavy atom. The van der Waals surface area contributed by atoms with E-state index in [0.717, 1.165) is 4.90 Å². The molecule has 1 saturated heterocycles. The minimum Gasteiger partial charge on any atom is -0.355 e. The number of hydrogen-bond acceptors (Lipinski definition) is 2. The molecule has 0 spiro atoms. The first kappa shape index (κ1) is 13.3. The second-order valence-electron chi connectivity index (χ2n) is 4.18. The molecule has 0 aromatic heterocycles. The van der Waals surface area contributed by atoms with Crippen molar-refractivity contribution in [3.63, 3.8) is 0 Å². The number of thioether (sulfide) groups is 1. The number of amides is 1. The number of hydrogen-bond donors (Lipinski definition) is 1. The summed E-state index contributed by atoms with van der Waals surface area (Å²) in [5, 5.41) is 1.84. The van der Waals surface area contributed by atoms with Gasteiger partial charge < -0.3 is 5.32 Å². The summed E-state index contributed by atoms with van der Waals surface area (Å²) >= 11 is 1.20. The first-order chi connectivity index (χ1) is 8.46. The molecule has 1 N–H and O–H groups in total. The number of carbonyl (C=O) groups is 1. The third-order valence-corrected chi connectivity index (χ3v) is 4.12. The van der Waals surface area contributed by atoms with Crippen molar-refractivity contribution in [1.82, 2.24) is 5.32 Å². The van der Waals surface area contributed by atoms with Gasteiger partial charge in [0.25, 0.3) is 0 Å². The lowest BCUT2D eigenvalue weighted by Gasteiger charge is -2.17. The van der Waals surface area contributed by atoms with Crippen LogP contribution >= 0.6 is 11.8 Å². The van der Waals surface area contributed by atoms with Crippen LogP contribution in [0.3, 0.4) is 0 Å². The lowest BCUT2D eigenvalue weighted by Crippen LogP contribution is -2.25. The Hall–Kier alpha value is -1.17. The van der Waals surface area contributed by atoms with E-state index in [1.54, 1.807) is 24.3 Å². The molecule has 1 aliphatic rings. The molecule has 2 rings (SSSR count). The number of halogens is 3. The molecule has 1 unspecified atom stereocenters. The third-order valence-electron chi connectivity index (χ3n) is 2.72. The molecule has 6 heteroatoms. The summed E-state index contributed by atoms with van der Waals surface area (Å²) in [5.74, 6) is -0.999. The van der Waals surface area contributed by atoms with E-state index in [2.05, 4.69) is 5.32 Å². The second-order valence-corrected chi connectivity index (χ2v) is 5.39. The highest BCUT2D eigenvalue weighted by Crippen LogP contribution is 2.36. The van der Waals surface area contributed by atoms with Crippen molar-refractivity contribution in [3.05, 3.63) is 30.3 Å². The van der Waals surface area contributed by atoms with Gasteiger partial charge in [0.1, 0.15) is 0 Å². The van der Waals surface area contributed by atoms with Gasteiger partial charge in [-0.05, 0) is 12.1 Å². The molecule has 0 bridgehead atoms. The molecule has 2 atom stereocenters. The normalized spacial score (nSPS) is 24.1. The van der Waals surface area contributed by atoms with Crippen molar-refractivity contribution in [2.75, 3.05) is 6.54 Å². The lowest BCUT2D eigenvalue weighted by molar-refractivity contribution is -0.143. The van der Waals surface area contributed by atoms with E-state index >= 15 is 0 Å². The molecular weight excluding hydrogens is 263 g/mol. The first-order valence-electron chi connectivity index (χ1n) is 5.52. The van der Waals surface area contributed by atoms with Crippen LogP contribution < -0.4 is 5.32 Å². The van der Waals surface area contributed by atoms with E-state index in [-0.39, 0.29) is 12.5 Å². The zero-order chi connectivity index (χ0) is 13.2. The van der Waals surface area contributed by atoms with Crippen LogP contribution in [0.2, 0.25) is 0 Å². The number of rotatable bonds is 3. The van der Waals surface area contributed by atoms with Crippen LogP contribution in [-0.4, -0.2) is 23.9 Å². The Morgan fingerprint density at radius 3 is 2.56 bits per heavy atom. The largest absolute Gasteiger partial charge is 0.389 e. The molecule has 0 radical (unpaired) electrons. The fraction of sp³-hybridized carbons (Fsp3) is 0.417. The summed E-state index contributed by atoms with van der Waals surface area (Å²) in [4.78, 5) is 12.4. The molecule has 1 heterocycles. The molecule has 1 amide bonds. The minimum atomic E-state index is -4.23. The van der Waals surface area contributed by atoms with E-state index in [9.17, 15) is 18.0 Å². The highest BCUT2D eigenvalue weighted by Gasteiger charge is 2.42. The van der Waals surface area contributed by atoms with Crippen LogP contribution in [-0.2, 0) is 4.79 Å². The predicted octanol–water partition coefficient (Wildman–Crippen LogP) is 2.85. The average Bonchev–Trinajstić information content (AvgIpc) is 2.61. The van der Waals surface area contributed by atoms with Crippen molar-refractivity contribution < 1.29 is 18.0 Å². The molecule has 1 aromatic rings. The number of nitrogens with one attached hydrogen (secondary N) is 1. The molecule has 1 aliphatic heterocycles. The number of alkyl halides is 3. The van der Waals surface area contributed by atoms with Gasteiger partial charge >= 0.3 is 6.18 Å². The van der Waals surface area contributed by atoms with Crippen LogP contribution in [0.4, 0.5) is 13.2 Å². The van der Waals surface area contributed by atoms with Crippen LogP contribution in [0.15, 0.2) is 35.2 Å². The van der Waals surface area contributed by atoms with E-state index in [0.29, 0.717) is 0 Å². The monoisotopic (exact) mass is 275 g/mol. The highest BCUT2D eigenvalue weighted by molar-refractivity contribution is 8.00. The minimum absolute atomic E-state index is 0.100. The summed E-state index contributed by atoms with van der Waals surface area (Å²) in [7, 11) is 0. The molecule has 18 heavy (non-hydrogen) atoms. The number of carbonyl (C=O) groups excluding carboxylic acids is 1. The fourth-order valence-corrected chi connectivity index (χ4v) is 3.11. The van der Waals surface area contributed by atoms with Crippen LogP contribution in [0.1, 0.15) is 6.42 Å². The molecule has 98 valence electrons. The standard InChI is InChI=1S/C12H12F3NOS/c13-12(14,15)6-8-7-16-11(17)10(8)18-9-4-2-1-3-5-9/h1-5,8,10H,6-7H2,(H,16,17)/t8-,10?/m0/s1. The Kier molecular flexibility index (Phi) is 3.85. The summed E-state index contributed by atoms with van der Waals surface area (Å²) in [6.07, 6.45) is -5.15. The average molecular weight is 275 g/mol. The van der Waals surface area contributed by atoms with Crippen molar-refractivity contribution in [3.8, 4) is 0 Å². The summed E-state index contributed by atoms with van der Waals surface area (Å²) in [6, 6.07) is 9.01. The van der Waals surface area contributed by atoms with Gasteiger partial charge in [-0.25, -0.2) is 0 Å². The molecule has 2 nitrogen and oxygen atoms in total. The predicted molar refractivity (Wildman–Crippen MR) is 63.3 cm³/mol. The molecule has 0 aliphatic carbocycles. The first-order valence-corrected chi connectivity index (χ1v) is 6.40. The SMILES string of the molecule is O=C1NC[C@H](CC(F)(F)F)C1Sc1ccccc1. The summed E-state index contributed by atoms with van der Waals surface area (Å²) in [6.45, 7) is 0.100. The number of benzene rings is 1. The van der Waals surface area contributed by atoms with Gasteiger partial charge in [0, 0.05) is 23.8 Å². The van der Waals surface area contributed by atoms with E-state index in [4.69, 9.17) is 0 Å². The van der Waals surface area contributed by atoms with E-state index in [1.807, 2.05) is 6.07 Å². The summed E-state index contributed by atoms with van der Waals surface area (Å²) in [5.41, 5.74) is 0. The molecule has 1 fully saturated rings. The van der Waals surface area contributed by atoms with Gasteiger partial charge in [-0.2, -0.15) is 13.2 Å². The van der Waals surface area contributed by atoms with Crippen LogP contribution in [0, 0.1) is 5.92 Å². The Bertz CT molecular complexity index is 421. The lowest BCUT2D eigenvalue weighted by atomic mass is 10.0. The third kappa shape index (κ3) is 3.41. The smallest absolute Gasteiger partial charge is 0.355 e. The maximum absolute atomic E-state index is 12.4. The van der Waals surface area contributed by atoms with Crippen molar-refractivity contribution in [2.24, 2.45) is 5.92 Å². The Morgan fingerprint density at radius 2 is 1.94 bits per heavy atom. The van der Waals surface area contributed by atoms with Crippen LogP contribution in [0.5, 0.6) is 0 Å². The van der Waals surface area contributed by atoms with E-state index < -0.39 is 23.8 Å². The summed E-state index contributed by atoms with van der Waals surface area (Å²) < 4.78 is 37.2. The van der Waals surface area contributed by atoms with Gasteiger partial charge in [-0.15, -0.1) is 11.8 Å². The van der Waals surface area contributed by atoms with Gasteiger partial charge in [-0.3, -0.25) is 4.79 Å². The van der Waals surface area contributed by atoms with Crippen molar-refractivity contribution in [2.45, 2.75) is 22.7 Å². The van der Waals surface area contributed by atoms with Crippen molar-refractivity contribution in [1.29, 1.82) is 0 Å². The van der Waals surface area contributed by atoms with Crippen molar-refractivity contribution >= 4 is 17.7 Å². The quantitative estimate of drug-likeness (QED) is 0.919. The Balaban J connectivity index is 2.06. The maximum Gasteiger partial charge on any atom is 0.389 e.